The minimum absolute atomic E-state index is 0.0739. The molecule has 0 bridgehead atoms. The number of carbonyl (C=O) groups is 1. The summed E-state index contributed by atoms with van der Waals surface area (Å²) in [6, 6.07) is -0.0739. The van der Waals surface area contributed by atoms with Gasteiger partial charge in [-0.05, 0) is 44.0 Å². The second-order valence-electron chi connectivity index (χ2n) is 4.28. The molecule has 0 saturated heterocycles. The summed E-state index contributed by atoms with van der Waals surface area (Å²) in [5, 5.41) is 5.55. The first-order chi connectivity index (χ1) is 7.72. The van der Waals surface area contributed by atoms with Gasteiger partial charge in [0.05, 0.1) is 6.04 Å². The highest BCUT2D eigenvalue weighted by Crippen LogP contribution is 2.01. The van der Waals surface area contributed by atoms with Gasteiger partial charge < -0.3 is 10.3 Å². The van der Waals surface area contributed by atoms with Crippen LogP contribution in [0, 0.1) is 0 Å². The number of hydrogen-bond acceptors (Lipinski definition) is 2. The lowest BCUT2D eigenvalue weighted by Gasteiger charge is -2.11. The number of likely N-dealkylation sites (N-methyl/N-ethyl adjacent to an activating group) is 1. The molecule has 1 aliphatic carbocycles. The van der Waals surface area contributed by atoms with Crippen LogP contribution in [0.4, 0.5) is 0 Å². The number of carbonyl (C=O) groups excluding carboxylic acids is 1. The van der Waals surface area contributed by atoms with Gasteiger partial charge in [0, 0.05) is 11.5 Å². The fourth-order valence-corrected chi connectivity index (χ4v) is 2.20. The molecule has 0 aliphatic heterocycles. The number of ketones is 1. The number of aromatic nitrogens is 1. The minimum Gasteiger partial charge on any atom is -0.361 e. The van der Waals surface area contributed by atoms with Crippen molar-refractivity contribution in [1.82, 2.24) is 10.3 Å². The molecule has 0 spiro atoms. The van der Waals surface area contributed by atoms with Crippen molar-refractivity contribution in [2.45, 2.75) is 32.2 Å². The van der Waals surface area contributed by atoms with E-state index in [0.717, 1.165) is 19.3 Å². The zero-order chi connectivity index (χ0) is 11.5. The molecule has 1 atom stereocenters. The molecule has 1 unspecified atom stereocenters. The van der Waals surface area contributed by atoms with Gasteiger partial charge in [-0.25, -0.2) is 0 Å². The van der Waals surface area contributed by atoms with Crippen LogP contribution in [0.5, 0.6) is 0 Å². The Morgan fingerprint density at radius 2 is 2.25 bits per heavy atom. The van der Waals surface area contributed by atoms with E-state index >= 15 is 0 Å². The number of rotatable bonds is 4. The fourth-order valence-electron chi connectivity index (χ4n) is 2.20. The Labute approximate surface area is 95.3 Å². The summed E-state index contributed by atoms with van der Waals surface area (Å²) in [7, 11) is 1.83. The molecule has 2 N–H and O–H groups in total. The van der Waals surface area contributed by atoms with Gasteiger partial charge in [-0.15, -0.1) is 0 Å². The first-order valence-corrected chi connectivity index (χ1v) is 5.76. The van der Waals surface area contributed by atoms with Crippen LogP contribution in [-0.2, 0) is 11.2 Å². The van der Waals surface area contributed by atoms with Gasteiger partial charge >= 0.3 is 0 Å². The van der Waals surface area contributed by atoms with E-state index in [2.05, 4.69) is 22.5 Å². The second-order valence-corrected chi connectivity index (χ2v) is 4.28. The van der Waals surface area contributed by atoms with E-state index in [1.54, 1.807) is 6.92 Å². The van der Waals surface area contributed by atoms with E-state index in [0.29, 0.717) is 0 Å². The largest absolute Gasteiger partial charge is 0.361 e. The molecule has 0 amide bonds. The van der Waals surface area contributed by atoms with E-state index in [1.165, 1.54) is 16.1 Å². The SMILES string of the molecule is CNC(Cc1c[nH]c2c1=CCCC=2)C(C)=O. The monoisotopic (exact) mass is 218 g/mol. The van der Waals surface area contributed by atoms with Gasteiger partial charge in [0.15, 0.2) is 0 Å². The predicted octanol–water partition coefficient (Wildman–Crippen LogP) is 0.0890. The number of fused-ring (bicyclic) bond motifs is 1. The van der Waals surface area contributed by atoms with Crippen molar-refractivity contribution in [3.8, 4) is 0 Å². The second kappa shape index (κ2) is 4.66. The molecule has 0 fully saturated rings. The molecule has 0 aromatic carbocycles. The number of hydrogen-bond donors (Lipinski definition) is 2. The van der Waals surface area contributed by atoms with E-state index in [9.17, 15) is 4.79 Å². The van der Waals surface area contributed by atoms with Crippen molar-refractivity contribution in [3.63, 3.8) is 0 Å². The van der Waals surface area contributed by atoms with Gasteiger partial charge in [0.2, 0.25) is 0 Å². The summed E-state index contributed by atoms with van der Waals surface area (Å²) in [6.45, 7) is 1.64. The highest BCUT2D eigenvalue weighted by atomic mass is 16.1. The maximum Gasteiger partial charge on any atom is 0.147 e. The van der Waals surface area contributed by atoms with Crippen LogP contribution in [0.1, 0.15) is 25.3 Å². The lowest BCUT2D eigenvalue weighted by atomic mass is 10.0. The Morgan fingerprint density at radius 3 is 2.94 bits per heavy atom. The molecular weight excluding hydrogens is 200 g/mol. The number of Topliss-reactive ketones (excluding diaryl/α,β-unsaturated/α-hetero) is 1. The Kier molecular flexibility index (Phi) is 3.25. The standard InChI is InChI=1S/C13H18N2O/c1-9(16)13(14-2)7-10-8-15-12-6-4-3-5-11(10)12/h5-6,8,13-15H,3-4,7H2,1-2H3. The normalized spacial score (nSPS) is 15.9. The minimum atomic E-state index is -0.0739. The Balaban J connectivity index is 2.29. The third-order valence-corrected chi connectivity index (χ3v) is 3.16. The number of H-pyrrole nitrogens is 1. The summed E-state index contributed by atoms with van der Waals surface area (Å²) < 4.78 is 0. The highest BCUT2D eigenvalue weighted by molar-refractivity contribution is 5.81. The molecule has 86 valence electrons. The summed E-state index contributed by atoms with van der Waals surface area (Å²) in [6.07, 6.45) is 9.48. The predicted molar refractivity (Wildman–Crippen MR) is 65.4 cm³/mol. The molecular formula is C13H18N2O. The molecule has 16 heavy (non-hydrogen) atoms. The van der Waals surface area contributed by atoms with Gasteiger partial charge in [0.25, 0.3) is 0 Å². The van der Waals surface area contributed by atoms with Crippen molar-refractivity contribution in [1.29, 1.82) is 0 Å². The van der Waals surface area contributed by atoms with Crippen LogP contribution in [0.2, 0.25) is 0 Å². The van der Waals surface area contributed by atoms with Crippen molar-refractivity contribution in [2.75, 3.05) is 7.05 Å². The van der Waals surface area contributed by atoms with Gasteiger partial charge in [-0.1, -0.05) is 12.2 Å². The lowest BCUT2D eigenvalue weighted by molar-refractivity contribution is -0.118. The molecule has 1 aromatic heterocycles. The van der Waals surface area contributed by atoms with Crippen molar-refractivity contribution >= 4 is 17.9 Å². The van der Waals surface area contributed by atoms with Gasteiger partial charge in [0.1, 0.15) is 5.78 Å². The van der Waals surface area contributed by atoms with Crippen LogP contribution in [-0.4, -0.2) is 23.9 Å². The van der Waals surface area contributed by atoms with E-state index in [-0.39, 0.29) is 11.8 Å². The van der Waals surface area contributed by atoms with Crippen LogP contribution >= 0.6 is 0 Å². The molecule has 2 rings (SSSR count). The maximum atomic E-state index is 11.4. The topological polar surface area (TPSA) is 44.9 Å². The van der Waals surface area contributed by atoms with Crippen LogP contribution in [0.25, 0.3) is 12.2 Å². The summed E-state index contributed by atoms with van der Waals surface area (Å²) in [4.78, 5) is 14.6. The van der Waals surface area contributed by atoms with Gasteiger partial charge in [-0.3, -0.25) is 4.79 Å². The summed E-state index contributed by atoms with van der Waals surface area (Å²) >= 11 is 0. The van der Waals surface area contributed by atoms with E-state index < -0.39 is 0 Å². The maximum absolute atomic E-state index is 11.4. The Bertz CT molecular complexity index is 498. The lowest BCUT2D eigenvalue weighted by Crippen LogP contribution is -2.37. The molecule has 1 heterocycles. The van der Waals surface area contributed by atoms with Crippen molar-refractivity contribution < 1.29 is 4.79 Å². The van der Waals surface area contributed by atoms with E-state index in [1.807, 2.05) is 13.2 Å². The van der Waals surface area contributed by atoms with E-state index in [4.69, 9.17) is 0 Å². The first-order valence-electron chi connectivity index (χ1n) is 5.76. The van der Waals surface area contributed by atoms with Crippen LogP contribution in [0.15, 0.2) is 6.20 Å². The molecule has 1 aromatic rings. The zero-order valence-corrected chi connectivity index (χ0v) is 9.84. The molecule has 1 aliphatic rings. The first kappa shape index (κ1) is 11.1. The number of nitrogens with one attached hydrogen (secondary N) is 2. The van der Waals surface area contributed by atoms with Crippen molar-refractivity contribution in [2.24, 2.45) is 0 Å². The summed E-state index contributed by atoms with van der Waals surface area (Å²) in [5.41, 5.74) is 1.24. The summed E-state index contributed by atoms with van der Waals surface area (Å²) in [5.74, 6) is 0.192. The van der Waals surface area contributed by atoms with Crippen molar-refractivity contribution in [3.05, 3.63) is 22.3 Å². The van der Waals surface area contributed by atoms with Crippen LogP contribution < -0.4 is 15.9 Å². The third kappa shape index (κ3) is 2.09. The smallest absolute Gasteiger partial charge is 0.147 e. The highest BCUT2D eigenvalue weighted by Gasteiger charge is 2.14. The van der Waals surface area contributed by atoms with Gasteiger partial charge in [-0.2, -0.15) is 0 Å². The zero-order valence-electron chi connectivity index (χ0n) is 9.84. The third-order valence-electron chi connectivity index (χ3n) is 3.16. The average molecular weight is 218 g/mol. The molecule has 0 radical (unpaired) electrons. The quantitative estimate of drug-likeness (QED) is 0.752. The number of aromatic amines is 1. The fraction of sp³-hybridized carbons (Fsp3) is 0.462. The molecule has 3 heteroatoms. The average Bonchev–Trinajstić information content (AvgIpc) is 2.69. The Hall–Kier alpha value is -1.35. The molecule has 3 nitrogen and oxygen atoms in total. The van der Waals surface area contributed by atoms with Crippen LogP contribution in [0.3, 0.4) is 0 Å². The Morgan fingerprint density at radius 1 is 1.50 bits per heavy atom. The molecule has 0 saturated carbocycles.